The SMILES string of the molecule is CCC(CC)c1nc(-c2cccc(C)c2)sc1C(=O)O. The zero-order valence-electron chi connectivity index (χ0n) is 12.0. The fraction of sp³-hybridized carbons (Fsp3) is 0.375. The molecule has 20 heavy (non-hydrogen) atoms. The fourth-order valence-corrected chi connectivity index (χ4v) is 3.33. The largest absolute Gasteiger partial charge is 0.477 e. The van der Waals surface area contributed by atoms with E-state index in [-0.39, 0.29) is 5.92 Å². The molecule has 2 rings (SSSR count). The van der Waals surface area contributed by atoms with Gasteiger partial charge in [-0.25, -0.2) is 9.78 Å². The lowest BCUT2D eigenvalue weighted by atomic mass is 9.98. The first-order chi connectivity index (χ1) is 9.56. The van der Waals surface area contributed by atoms with E-state index in [9.17, 15) is 9.90 Å². The second kappa shape index (κ2) is 6.18. The number of carbonyl (C=O) groups is 1. The van der Waals surface area contributed by atoms with E-state index in [1.807, 2.05) is 31.2 Å². The van der Waals surface area contributed by atoms with Crippen LogP contribution in [0.4, 0.5) is 0 Å². The summed E-state index contributed by atoms with van der Waals surface area (Å²) in [6, 6.07) is 8.02. The highest BCUT2D eigenvalue weighted by Gasteiger charge is 2.23. The van der Waals surface area contributed by atoms with Crippen molar-refractivity contribution in [2.24, 2.45) is 0 Å². The van der Waals surface area contributed by atoms with Gasteiger partial charge < -0.3 is 5.11 Å². The highest BCUT2D eigenvalue weighted by molar-refractivity contribution is 7.17. The third kappa shape index (κ3) is 2.90. The molecule has 0 bridgehead atoms. The molecule has 2 aromatic rings. The minimum absolute atomic E-state index is 0.218. The smallest absolute Gasteiger partial charge is 0.347 e. The van der Waals surface area contributed by atoms with Crippen LogP contribution in [-0.2, 0) is 0 Å². The third-order valence-corrected chi connectivity index (χ3v) is 4.59. The lowest BCUT2D eigenvalue weighted by molar-refractivity contribution is 0.0700. The summed E-state index contributed by atoms with van der Waals surface area (Å²) in [6.07, 6.45) is 1.82. The van der Waals surface area contributed by atoms with Crippen molar-refractivity contribution in [3.63, 3.8) is 0 Å². The Labute approximate surface area is 123 Å². The van der Waals surface area contributed by atoms with E-state index < -0.39 is 5.97 Å². The number of hydrogen-bond donors (Lipinski definition) is 1. The molecule has 3 nitrogen and oxygen atoms in total. The summed E-state index contributed by atoms with van der Waals surface area (Å²) in [5.41, 5.74) is 2.89. The van der Waals surface area contributed by atoms with Crippen molar-refractivity contribution in [3.05, 3.63) is 40.4 Å². The van der Waals surface area contributed by atoms with E-state index in [0.29, 0.717) is 4.88 Å². The molecule has 0 saturated carbocycles. The van der Waals surface area contributed by atoms with Gasteiger partial charge in [0.15, 0.2) is 0 Å². The van der Waals surface area contributed by atoms with Crippen molar-refractivity contribution in [1.29, 1.82) is 0 Å². The maximum absolute atomic E-state index is 11.4. The van der Waals surface area contributed by atoms with Crippen LogP contribution in [0.3, 0.4) is 0 Å². The molecule has 0 amide bonds. The molecule has 0 spiro atoms. The van der Waals surface area contributed by atoms with E-state index in [2.05, 4.69) is 18.8 Å². The van der Waals surface area contributed by atoms with Gasteiger partial charge in [-0.15, -0.1) is 11.3 Å². The van der Waals surface area contributed by atoms with E-state index in [1.54, 1.807) is 0 Å². The lowest BCUT2D eigenvalue weighted by Gasteiger charge is -2.09. The maximum Gasteiger partial charge on any atom is 0.347 e. The highest BCUT2D eigenvalue weighted by atomic mass is 32.1. The van der Waals surface area contributed by atoms with Crippen LogP contribution in [-0.4, -0.2) is 16.1 Å². The Bertz CT molecular complexity index is 615. The number of hydrogen-bond acceptors (Lipinski definition) is 3. The normalized spacial score (nSPS) is 11.0. The molecule has 106 valence electrons. The number of benzene rings is 1. The summed E-state index contributed by atoms with van der Waals surface area (Å²) in [5.74, 6) is -0.654. The Hall–Kier alpha value is -1.68. The molecule has 0 fully saturated rings. The van der Waals surface area contributed by atoms with Crippen molar-refractivity contribution in [2.75, 3.05) is 0 Å². The minimum atomic E-state index is -0.872. The molecule has 1 N–H and O–H groups in total. The van der Waals surface area contributed by atoms with Gasteiger partial charge in [0.1, 0.15) is 9.88 Å². The van der Waals surface area contributed by atoms with Crippen LogP contribution < -0.4 is 0 Å². The van der Waals surface area contributed by atoms with Crippen molar-refractivity contribution in [1.82, 2.24) is 4.98 Å². The summed E-state index contributed by atoms with van der Waals surface area (Å²) in [7, 11) is 0. The Morgan fingerprint density at radius 3 is 2.60 bits per heavy atom. The summed E-state index contributed by atoms with van der Waals surface area (Å²) in [6.45, 7) is 6.17. The number of nitrogens with zero attached hydrogens (tertiary/aromatic N) is 1. The number of carboxylic acids is 1. The van der Waals surface area contributed by atoms with Gasteiger partial charge in [0.25, 0.3) is 0 Å². The van der Waals surface area contributed by atoms with Crippen LogP contribution in [0.1, 0.15) is 53.5 Å². The van der Waals surface area contributed by atoms with E-state index in [0.717, 1.165) is 34.7 Å². The number of carboxylic acid groups (broad SMARTS) is 1. The number of thiazole rings is 1. The number of rotatable bonds is 5. The molecule has 4 heteroatoms. The zero-order valence-corrected chi connectivity index (χ0v) is 12.8. The van der Waals surface area contributed by atoms with E-state index in [1.165, 1.54) is 11.3 Å². The van der Waals surface area contributed by atoms with Crippen molar-refractivity contribution >= 4 is 17.3 Å². The average Bonchev–Trinajstić information content (AvgIpc) is 2.85. The van der Waals surface area contributed by atoms with Crippen LogP contribution in [0.2, 0.25) is 0 Å². The molecular formula is C16H19NO2S. The number of aromatic carboxylic acids is 1. The van der Waals surface area contributed by atoms with Gasteiger partial charge in [-0.2, -0.15) is 0 Å². The Balaban J connectivity index is 2.51. The van der Waals surface area contributed by atoms with Crippen LogP contribution >= 0.6 is 11.3 Å². The van der Waals surface area contributed by atoms with Gasteiger partial charge in [0.05, 0.1) is 5.69 Å². The first-order valence-corrected chi connectivity index (χ1v) is 7.69. The standard InChI is InChI=1S/C16H19NO2S/c1-4-11(5-2)13-14(16(18)19)20-15(17-13)12-8-6-7-10(3)9-12/h6-9,11H,4-5H2,1-3H3,(H,18,19). The molecule has 1 heterocycles. The summed E-state index contributed by atoms with van der Waals surface area (Å²) < 4.78 is 0. The minimum Gasteiger partial charge on any atom is -0.477 e. The van der Waals surface area contributed by atoms with Gasteiger partial charge >= 0.3 is 5.97 Å². The molecule has 0 aliphatic heterocycles. The zero-order chi connectivity index (χ0) is 14.7. The van der Waals surface area contributed by atoms with Gasteiger partial charge in [0.2, 0.25) is 0 Å². The topological polar surface area (TPSA) is 50.2 Å². The van der Waals surface area contributed by atoms with Crippen LogP contribution in [0.15, 0.2) is 24.3 Å². The summed E-state index contributed by atoms with van der Waals surface area (Å²) in [5, 5.41) is 10.2. The Kier molecular flexibility index (Phi) is 4.55. The van der Waals surface area contributed by atoms with Gasteiger partial charge in [-0.05, 0) is 25.8 Å². The first kappa shape index (κ1) is 14.7. The third-order valence-electron chi connectivity index (χ3n) is 3.48. The monoisotopic (exact) mass is 289 g/mol. The maximum atomic E-state index is 11.4. The quantitative estimate of drug-likeness (QED) is 0.866. The summed E-state index contributed by atoms with van der Waals surface area (Å²) >= 11 is 1.28. The van der Waals surface area contributed by atoms with E-state index in [4.69, 9.17) is 0 Å². The van der Waals surface area contributed by atoms with Gasteiger partial charge in [0, 0.05) is 11.5 Å². The first-order valence-electron chi connectivity index (χ1n) is 6.87. The predicted octanol–water partition coefficient (Wildman–Crippen LogP) is 4.72. The predicted molar refractivity (Wildman–Crippen MR) is 82.6 cm³/mol. The second-order valence-corrected chi connectivity index (χ2v) is 5.92. The molecule has 0 atom stereocenters. The number of aromatic nitrogens is 1. The van der Waals surface area contributed by atoms with Crippen LogP contribution in [0.25, 0.3) is 10.6 Å². The van der Waals surface area contributed by atoms with Gasteiger partial charge in [-0.1, -0.05) is 37.6 Å². The second-order valence-electron chi connectivity index (χ2n) is 4.92. The molecule has 0 aliphatic rings. The number of aryl methyl sites for hydroxylation is 1. The lowest BCUT2D eigenvalue weighted by Crippen LogP contribution is -2.04. The summed E-state index contributed by atoms with van der Waals surface area (Å²) in [4.78, 5) is 16.4. The molecular weight excluding hydrogens is 270 g/mol. The molecule has 1 aromatic heterocycles. The molecule has 0 saturated heterocycles. The molecule has 0 unspecified atom stereocenters. The molecule has 0 aliphatic carbocycles. The average molecular weight is 289 g/mol. The Morgan fingerprint density at radius 2 is 2.05 bits per heavy atom. The van der Waals surface area contributed by atoms with Gasteiger partial charge in [-0.3, -0.25) is 0 Å². The van der Waals surface area contributed by atoms with Crippen molar-refractivity contribution in [3.8, 4) is 10.6 Å². The van der Waals surface area contributed by atoms with E-state index >= 15 is 0 Å². The molecule has 0 radical (unpaired) electrons. The molecule has 1 aromatic carbocycles. The van der Waals surface area contributed by atoms with Crippen LogP contribution in [0.5, 0.6) is 0 Å². The highest BCUT2D eigenvalue weighted by Crippen LogP contribution is 2.34. The van der Waals surface area contributed by atoms with Crippen molar-refractivity contribution in [2.45, 2.75) is 39.5 Å². The fourth-order valence-electron chi connectivity index (χ4n) is 2.34. The Morgan fingerprint density at radius 1 is 1.35 bits per heavy atom. The van der Waals surface area contributed by atoms with Crippen LogP contribution in [0, 0.1) is 6.92 Å². The van der Waals surface area contributed by atoms with Crippen molar-refractivity contribution < 1.29 is 9.90 Å².